The van der Waals surface area contributed by atoms with E-state index in [0.717, 1.165) is 60.6 Å². The maximum Gasteiger partial charge on any atom is 0.269 e. The normalized spacial score (nSPS) is 14.7. The standard InChI is InChI=1S/C22H25ClN6O2/c1-3-15-11-17-18(27-21(15)30)10-14(12-25-17)13-28-6-8-29(9-7-28)19-5-4-16(22(31)24-2)26-20(19)23/h4-5,10-12H,3,6-9,13H2,1-2H3,(H,24,31)(H,27,30). The van der Waals surface area contributed by atoms with Crippen LogP contribution in [0.15, 0.2) is 35.3 Å². The number of aryl methyl sites for hydroxylation is 1. The minimum Gasteiger partial charge on any atom is -0.366 e. The third kappa shape index (κ3) is 4.55. The smallest absolute Gasteiger partial charge is 0.269 e. The lowest BCUT2D eigenvalue weighted by Crippen LogP contribution is -2.46. The van der Waals surface area contributed by atoms with Gasteiger partial charge in [0.15, 0.2) is 5.15 Å². The Bertz CT molecular complexity index is 1170. The molecule has 0 atom stereocenters. The Morgan fingerprint density at radius 2 is 2.00 bits per heavy atom. The van der Waals surface area contributed by atoms with Crippen LogP contribution in [0.2, 0.25) is 5.15 Å². The monoisotopic (exact) mass is 440 g/mol. The number of pyridine rings is 3. The zero-order valence-electron chi connectivity index (χ0n) is 17.6. The molecule has 1 aliphatic rings. The molecule has 9 heteroatoms. The molecule has 1 aliphatic heterocycles. The average molecular weight is 441 g/mol. The molecule has 0 unspecified atom stereocenters. The number of H-pyrrole nitrogens is 1. The lowest BCUT2D eigenvalue weighted by atomic mass is 10.1. The van der Waals surface area contributed by atoms with Gasteiger partial charge in [-0.15, -0.1) is 0 Å². The molecular weight excluding hydrogens is 416 g/mol. The number of rotatable bonds is 5. The van der Waals surface area contributed by atoms with E-state index in [1.165, 1.54) is 0 Å². The molecule has 0 aromatic carbocycles. The van der Waals surface area contributed by atoms with Gasteiger partial charge >= 0.3 is 0 Å². The number of nitrogens with one attached hydrogen (secondary N) is 2. The Balaban J connectivity index is 1.41. The highest BCUT2D eigenvalue weighted by atomic mass is 35.5. The van der Waals surface area contributed by atoms with Gasteiger partial charge in [-0.05, 0) is 36.2 Å². The van der Waals surface area contributed by atoms with Gasteiger partial charge in [0.1, 0.15) is 5.69 Å². The number of piperazine rings is 1. The van der Waals surface area contributed by atoms with Gasteiger partial charge in [0, 0.05) is 51.5 Å². The van der Waals surface area contributed by atoms with Gasteiger partial charge in [-0.25, -0.2) is 4.98 Å². The molecule has 4 heterocycles. The number of nitrogens with zero attached hydrogens (tertiary/aromatic N) is 4. The van der Waals surface area contributed by atoms with Crippen molar-refractivity contribution in [2.75, 3.05) is 38.1 Å². The number of hydrogen-bond acceptors (Lipinski definition) is 6. The first-order valence-electron chi connectivity index (χ1n) is 10.3. The fraction of sp³-hybridized carbons (Fsp3) is 0.364. The lowest BCUT2D eigenvalue weighted by molar-refractivity contribution is 0.0958. The van der Waals surface area contributed by atoms with Crippen molar-refractivity contribution >= 4 is 34.2 Å². The Morgan fingerprint density at radius 1 is 1.23 bits per heavy atom. The van der Waals surface area contributed by atoms with Gasteiger partial charge in [-0.2, -0.15) is 0 Å². The van der Waals surface area contributed by atoms with E-state index in [0.29, 0.717) is 17.3 Å². The Labute approximate surface area is 185 Å². The number of hydrogen-bond donors (Lipinski definition) is 2. The minimum atomic E-state index is -0.255. The van der Waals surface area contributed by atoms with Crippen LogP contribution in [-0.2, 0) is 13.0 Å². The van der Waals surface area contributed by atoms with Gasteiger partial charge in [0.25, 0.3) is 11.5 Å². The van der Waals surface area contributed by atoms with Crippen molar-refractivity contribution in [2.45, 2.75) is 19.9 Å². The summed E-state index contributed by atoms with van der Waals surface area (Å²) in [6.45, 7) is 6.05. The summed E-state index contributed by atoms with van der Waals surface area (Å²) in [5.74, 6) is -0.255. The van der Waals surface area contributed by atoms with Gasteiger partial charge in [-0.1, -0.05) is 18.5 Å². The maximum atomic E-state index is 12.1. The van der Waals surface area contributed by atoms with Crippen molar-refractivity contribution in [1.29, 1.82) is 0 Å². The SMILES string of the molecule is CCc1cc2ncc(CN3CCN(c4ccc(C(=O)NC)nc4Cl)CC3)cc2[nH]c1=O. The summed E-state index contributed by atoms with van der Waals surface area (Å²) in [6.07, 6.45) is 2.57. The van der Waals surface area contributed by atoms with Crippen LogP contribution in [-0.4, -0.2) is 59.0 Å². The third-order valence-corrected chi connectivity index (χ3v) is 5.89. The van der Waals surface area contributed by atoms with Crippen molar-refractivity contribution in [3.05, 3.63) is 62.8 Å². The van der Waals surface area contributed by atoms with Gasteiger partial charge in [0.05, 0.1) is 16.7 Å². The molecule has 0 saturated carbocycles. The molecule has 0 radical (unpaired) electrons. The average Bonchev–Trinajstić information content (AvgIpc) is 2.78. The molecule has 3 aromatic rings. The number of aromatic amines is 1. The molecule has 162 valence electrons. The lowest BCUT2D eigenvalue weighted by Gasteiger charge is -2.36. The topological polar surface area (TPSA) is 94.2 Å². The Hall–Kier alpha value is -2.97. The predicted molar refractivity (Wildman–Crippen MR) is 122 cm³/mol. The second kappa shape index (κ2) is 9.03. The van der Waals surface area contributed by atoms with Gasteiger partial charge in [0.2, 0.25) is 0 Å². The molecule has 31 heavy (non-hydrogen) atoms. The maximum absolute atomic E-state index is 12.1. The van der Waals surface area contributed by atoms with Crippen LogP contribution in [0.4, 0.5) is 5.69 Å². The van der Waals surface area contributed by atoms with Crippen LogP contribution in [0.5, 0.6) is 0 Å². The summed E-state index contributed by atoms with van der Waals surface area (Å²) in [4.78, 5) is 40.0. The summed E-state index contributed by atoms with van der Waals surface area (Å²) in [7, 11) is 1.57. The number of halogens is 1. The largest absolute Gasteiger partial charge is 0.366 e. The predicted octanol–water partition coefficient (Wildman–Crippen LogP) is 2.22. The van der Waals surface area contributed by atoms with E-state index in [9.17, 15) is 9.59 Å². The van der Waals surface area contributed by atoms with E-state index < -0.39 is 0 Å². The van der Waals surface area contributed by atoms with E-state index in [4.69, 9.17) is 11.6 Å². The van der Waals surface area contributed by atoms with Crippen LogP contribution in [0.1, 0.15) is 28.5 Å². The van der Waals surface area contributed by atoms with Crippen LogP contribution in [0.25, 0.3) is 11.0 Å². The van der Waals surface area contributed by atoms with Crippen LogP contribution in [0.3, 0.4) is 0 Å². The van der Waals surface area contributed by atoms with Gasteiger partial charge in [-0.3, -0.25) is 19.5 Å². The van der Waals surface area contributed by atoms with E-state index in [1.807, 2.05) is 31.3 Å². The molecule has 0 spiro atoms. The van der Waals surface area contributed by atoms with Crippen molar-refractivity contribution < 1.29 is 4.79 Å². The molecule has 1 saturated heterocycles. The highest BCUT2D eigenvalue weighted by Crippen LogP contribution is 2.25. The second-order valence-corrected chi connectivity index (χ2v) is 7.96. The fourth-order valence-corrected chi connectivity index (χ4v) is 4.11. The van der Waals surface area contributed by atoms with Crippen LogP contribution < -0.4 is 15.8 Å². The van der Waals surface area contributed by atoms with Crippen LogP contribution >= 0.6 is 11.6 Å². The summed E-state index contributed by atoms with van der Waals surface area (Å²) < 4.78 is 0. The van der Waals surface area contributed by atoms with E-state index in [1.54, 1.807) is 13.1 Å². The first kappa shape index (κ1) is 21.3. The first-order valence-corrected chi connectivity index (χ1v) is 10.7. The number of fused-ring (bicyclic) bond motifs is 1. The van der Waals surface area contributed by atoms with Crippen molar-refractivity contribution in [1.82, 2.24) is 25.2 Å². The Morgan fingerprint density at radius 3 is 2.68 bits per heavy atom. The molecule has 1 fully saturated rings. The number of carbonyl (C=O) groups excluding carboxylic acids is 1. The molecular formula is C22H25ClN6O2. The van der Waals surface area contributed by atoms with E-state index >= 15 is 0 Å². The summed E-state index contributed by atoms with van der Waals surface area (Å²) >= 11 is 6.34. The molecule has 4 rings (SSSR count). The minimum absolute atomic E-state index is 0.0458. The highest BCUT2D eigenvalue weighted by molar-refractivity contribution is 6.32. The molecule has 1 amide bonds. The zero-order valence-corrected chi connectivity index (χ0v) is 18.4. The fourth-order valence-electron chi connectivity index (χ4n) is 3.84. The second-order valence-electron chi connectivity index (χ2n) is 7.60. The quantitative estimate of drug-likeness (QED) is 0.591. The molecule has 3 aromatic heterocycles. The number of anilines is 1. The summed E-state index contributed by atoms with van der Waals surface area (Å²) in [6, 6.07) is 7.42. The molecule has 8 nitrogen and oxygen atoms in total. The Kier molecular flexibility index (Phi) is 6.20. The third-order valence-electron chi connectivity index (χ3n) is 5.61. The zero-order chi connectivity index (χ0) is 22.0. The van der Waals surface area contributed by atoms with Crippen LogP contribution in [0, 0.1) is 0 Å². The van der Waals surface area contributed by atoms with Gasteiger partial charge < -0.3 is 15.2 Å². The van der Waals surface area contributed by atoms with Crippen molar-refractivity contribution in [2.24, 2.45) is 0 Å². The highest BCUT2D eigenvalue weighted by Gasteiger charge is 2.21. The van der Waals surface area contributed by atoms with E-state index in [2.05, 4.69) is 30.1 Å². The summed E-state index contributed by atoms with van der Waals surface area (Å²) in [5, 5.41) is 2.89. The number of aromatic nitrogens is 3. The first-order chi connectivity index (χ1) is 15.0. The van der Waals surface area contributed by atoms with E-state index in [-0.39, 0.29) is 11.5 Å². The molecule has 0 aliphatic carbocycles. The number of carbonyl (C=O) groups is 1. The number of amides is 1. The summed E-state index contributed by atoms with van der Waals surface area (Å²) in [5.41, 5.74) is 4.50. The van der Waals surface area contributed by atoms with Crippen molar-refractivity contribution in [3.8, 4) is 0 Å². The molecule has 0 bridgehead atoms. The molecule has 2 N–H and O–H groups in total. The van der Waals surface area contributed by atoms with Crippen molar-refractivity contribution in [3.63, 3.8) is 0 Å².